The summed E-state index contributed by atoms with van der Waals surface area (Å²) in [5.74, 6) is 5.80. The van der Waals surface area contributed by atoms with E-state index in [1.165, 1.54) is 0 Å². The number of hydrazine groups is 1. The van der Waals surface area contributed by atoms with Gasteiger partial charge in [-0.1, -0.05) is 27.7 Å². The number of benzene rings is 1. The first kappa shape index (κ1) is 13.9. The first-order valence-corrected chi connectivity index (χ1v) is 6.65. The van der Waals surface area contributed by atoms with Crippen LogP contribution in [0.5, 0.6) is 0 Å². The van der Waals surface area contributed by atoms with E-state index in [-0.39, 0.29) is 5.91 Å². The Kier molecular flexibility index (Phi) is 3.31. The molecule has 0 unspecified atom stereocenters. The summed E-state index contributed by atoms with van der Waals surface area (Å²) >= 11 is 0. The van der Waals surface area contributed by atoms with E-state index in [0.717, 1.165) is 12.2 Å². The number of carbonyl (C=O) groups excluding carboxylic acids is 1. The minimum Gasteiger partial charge on any atom is -0.352 e. The third-order valence-electron chi connectivity index (χ3n) is 5.10. The van der Waals surface area contributed by atoms with E-state index >= 15 is 0 Å². The topological polar surface area (TPSA) is 67.2 Å². The maximum atomic E-state index is 12.0. The van der Waals surface area contributed by atoms with Gasteiger partial charge in [0.15, 0.2) is 0 Å². The monoisotopic (exact) mass is 261 g/mol. The largest absolute Gasteiger partial charge is 0.352 e. The molecule has 4 heteroatoms. The van der Waals surface area contributed by atoms with Crippen LogP contribution in [-0.4, -0.2) is 12.5 Å². The lowest BCUT2D eigenvalue weighted by Crippen LogP contribution is -2.27. The number of nitrogens with two attached hydrogens (primary N) is 1. The van der Waals surface area contributed by atoms with Crippen molar-refractivity contribution in [3.05, 3.63) is 29.8 Å². The van der Waals surface area contributed by atoms with E-state index in [1.807, 2.05) is 0 Å². The summed E-state index contributed by atoms with van der Waals surface area (Å²) in [5, 5.41) is 3.02. The molecule has 1 aliphatic carbocycles. The number of nitrogen functional groups attached to an aromatic ring is 1. The summed E-state index contributed by atoms with van der Waals surface area (Å²) < 4.78 is 0. The second-order valence-corrected chi connectivity index (χ2v) is 6.43. The summed E-state index contributed by atoms with van der Waals surface area (Å²) in [4.78, 5) is 12.0. The number of nitrogens with one attached hydrogen (secondary N) is 2. The highest BCUT2D eigenvalue weighted by atomic mass is 16.1. The van der Waals surface area contributed by atoms with Gasteiger partial charge in [0.05, 0.1) is 0 Å². The van der Waals surface area contributed by atoms with Crippen LogP contribution in [0.15, 0.2) is 24.3 Å². The molecule has 0 bridgehead atoms. The maximum absolute atomic E-state index is 12.0. The van der Waals surface area contributed by atoms with E-state index in [4.69, 9.17) is 5.84 Å². The van der Waals surface area contributed by atoms with Crippen molar-refractivity contribution in [3.8, 4) is 0 Å². The Balaban J connectivity index is 1.92. The van der Waals surface area contributed by atoms with Gasteiger partial charge in [-0.15, -0.1) is 0 Å². The molecule has 0 saturated heterocycles. The maximum Gasteiger partial charge on any atom is 0.251 e. The Hall–Kier alpha value is -1.55. The van der Waals surface area contributed by atoms with Crippen LogP contribution < -0.4 is 16.6 Å². The fourth-order valence-corrected chi connectivity index (χ4v) is 2.86. The van der Waals surface area contributed by atoms with Crippen LogP contribution in [0.3, 0.4) is 0 Å². The normalized spacial score (nSPS) is 19.8. The van der Waals surface area contributed by atoms with E-state index in [9.17, 15) is 4.79 Å². The van der Waals surface area contributed by atoms with Gasteiger partial charge in [0.2, 0.25) is 0 Å². The molecule has 1 aromatic carbocycles. The van der Waals surface area contributed by atoms with Gasteiger partial charge < -0.3 is 10.7 Å². The lowest BCUT2D eigenvalue weighted by Gasteiger charge is -2.07. The molecule has 1 amide bonds. The van der Waals surface area contributed by atoms with Crippen molar-refractivity contribution in [2.75, 3.05) is 12.0 Å². The van der Waals surface area contributed by atoms with E-state index in [2.05, 4.69) is 38.4 Å². The highest BCUT2D eigenvalue weighted by Gasteiger charge is 2.64. The smallest absolute Gasteiger partial charge is 0.251 e. The molecule has 0 aliphatic heterocycles. The molecule has 104 valence electrons. The molecule has 1 aliphatic rings. The summed E-state index contributed by atoms with van der Waals surface area (Å²) in [7, 11) is 0. The van der Waals surface area contributed by atoms with Gasteiger partial charge in [-0.25, -0.2) is 0 Å². The summed E-state index contributed by atoms with van der Waals surface area (Å²) in [6, 6.07) is 7.13. The summed E-state index contributed by atoms with van der Waals surface area (Å²) in [5.41, 5.74) is 4.60. The van der Waals surface area contributed by atoms with Gasteiger partial charge in [-0.3, -0.25) is 10.6 Å². The predicted molar refractivity (Wildman–Crippen MR) is 77.6 cm³/mol. The van der Waals surface area contributed by atoms with E-state index in [0.29, 0.717) is 22.3 Å². The Bertz CT molecular complexity index is 463. The van der Waals surface area contributed by atoms with Gasteiger partial charge >= 0.3 is 0 Å². The molecule has 4 nitrogen and oxygen atoms in total. The fraction of sp³-hybridized carbons (Fsp3) is 0.533. The lowest BCUT2D eigenvalue weighted by atomic mass is 10.0. The van der Waals surface area contributed by atoms with Crippen molar-refractivity contribution in [1.82, 2.24) is 5.32 Å². The zero-order chi connectivity index (χ0) is 14.3. The Labute approximate surface area is 114 Å². The molecule has 4 N–H and O–H groups in total. The highest BCUT2D eigenvalue weighted by molar-refractivity contribution is 5.94. The van der Waals surface area contributed by atoms with Crippen LogP contribution in [0.25, 0.3) is 0 Å². The number of rotatable bonds is 4. The molecule has 19 heavy (non-hydrogen) atoms. The summed E-state index contributed by atoms with van der Waals surface area (Å²) in [6.45, 7) is 9.75. The molecule has 0 spiro atoms. The summed E-state index contributed by atoms with van der Waals surface area (Å²) in [6.07, 6.45) is 0. The van der Waals surface area contributed by atoms with Gasteiger partial charge in [0.25, 0.3) is 5.91 Å². The number of amides is 1. The van der Waals surface area contributed by atoms with Gasteiger partial charge in [0.1, 0.15) is 0 Å². The second kappa shape index (κ2) is 4.53. The van der Waals surface area contributed by atoms with E-state index < -0.39 is 0 Å². The molecule has 0 atom stereocenters. The third-order valence-corrected chi connectivity index (χ3v) is 5.10. The SMILES string of the molecule is CC1(C)C(CNC(=O)c2ccc(NN)cc2)C1(C)C. The standard InChI is InChI=1S/C15H23N3O/c1-14(2)12(15(14,3)4)9-17-13(19)10-5-7-11(18-16)8-6-10/h5-8,12,18H,9,16H2,1-4H3,(H,17,19). The van der Waals surface area contributed by atoms with Crippen LogP contribution >= 0.6 is 0 Å². The lowest BCUT2D eigenvalue weighted by molar-refractivity contribution is 0.0950. The van der Waals surface area contributed by atoms with Crippen molar-refractivity contribution < 1.29 is 4.79 Å². The van der Waals surface area contributed by atoms with Crippen molar-refractivity contribution >= 4 is 11.6 Å². The average molecular weight is 261 g/mol. The second-order valence-electron chi connectivity index (χ2n) is 6.43. The zero-order valence-corrected chi connectivity index (χ0v) is 12.1. The number of hydrogen-bond acceptors (Lipinski definition) is 3. The Morgan fingerprint density at radius 2 is 1.68 bits per heavy atom. The highest BCUT2D eigenvalue weighted by Crippen LogP contribution is 2.67. The van der Waals surface area contributed by atoms with Crippen molar-refractivity contribution in [2.24, 2.45) is 22.6 Å². The van der Waals surface area contributed by atoms with Crippen molar-refractivity contribution in [1.29, 1.82) is 0 Å². The Morgan fingerprint density at radius 3 is 2.11 bits per heavy atom. The Morgan fingerprint density at radius 1 is 1.16 bits per heavy atom. The van der Waals surface area contributed by atoms with Gasteiger partial charge in [0, 0.05) is 17.8 Å². The molecule has 0 radical (unpaired) electrons. The average Bonchev–Trinajstić information content (AvgIpc) is 2.77. The van der Waals surface area contributed by atoms with E-state index in [1.54, 1.807) is 24.3 Å². The van der Waals surface area contributed by atoms with Crippen LogP contribution in [-0.2, 0) is 0 Å². The molecule has 0 aromatic heterocycles. The van der Waals surface area contributed by atoms with Gasteiger partial charge in [-0.2, -0.15) is 0 Å². The number of anilines is 1. The number of hydrogen-bond donors (Lipinski definition) is 3. The zero-order valence-electron chi connectivity index (χ0n) is 12.1. The minimum absolute atomic E-state index is 0.0259. The third kappa shape index (κ3) is 2.32. The molecule has 2 rings (SSSR count). The van der Waals surface area contributed by atoms with Gasteiger partial charge in [-0.05, 0) is 41.0 Å². The van der Waals surface area contributed by atoms with Crippen LogP contribution in [0.2, 0.25) is 0 Å². The fourth-order valence-electron chi connectivity index (χ4n) is 2.86. The molecule has 0 heterocycles. The van der Waals surface area contributed by atoms with Crippen LogP contribution in [0.1, 0.15) is 38.1 Å². The first-order valence-electron chi connectivity index (χ1n) is 6.65. The van der Waals surface area contributed by atoms with Crippen molar-refractivity contribution in [3.63, 3.8) is 0 Å². The molecular formula is C15H23N3O. The quantitative estimate of drug-likeness (QED) is 0.576. The molecule has 1 aromatic rings. The molecule has 1 fully saturated rings. The van der Waals surface area contributed by atoms with Crippen molar-refractivity contribution in [2.45, 2.75) is 27.7 Å². The number of carbonyl (C=O) groups is 1. The first-order chi connectivity index (χ1) is 8.80. The minimum atomic E-state index is -0.0259. The predicted octanol–water partition coefficient (Wildman–Crippen LogP) is 2.38. The van der Waals surface area contributed by atoms with Crippen LogP contribution in [0.4, 0.5) is 5.69 Å². The molecular weight excluding hydrogens is 238 g/mol. The van der Waals surface area contributed by atoms with Crippen LogP contribution in [0, 0.1) is 16.7 Å². The molecule has 1 saturated carbocycles.